The maximum atomic E-state index is 13.3. The van der Waals surface area contributed by atoms with Crippen LogP contribution in [0.5, 0.6) is 0 Å². The van der Waals surface area contributed by atoms with Crippen molar-refractivity contribution < 1.29 is 8.78 Å². The average molecular weight is 197 g/mol. The highest BCUT2D eigenvalue weighted by atomic mass is 19.3. The number of rotatable bonds is 3. The highest BCUT2D eigenvalue weighted by Crippen LogP contribution is 2.61. The lowest BCUT2D eigenvalue weighted by Crippen LogP contribution is -2.13. The summed E-state index contributed by atoms with van der Waals surface area (Å²) in [4.78, 5) is 0. The van der Waals surface area contributed by atoms with Crippen LogP contribution in [-0.2, 0) is 0 Å². The van der Waals surface area contributed by atoms with Crippen molar-refractivity contribution in [3.05, 3.63) is 35.9 Å². The largest absolute Gasteiger partial charge is 0.319 e. The molecule has 0 spiro atoms. The number of benzene rings is 1. The summed E-state index contributed by atoms with van der Waals surface area (Å²) >= 11 is 0. The maximum absolute atomic E-state index is 13.3. The molecule has 1 aliphatic rings. The lowest BCUT2D eigenvalue weighted by Gasteiger charge is -1.96. The molecule has 1 nitrogen and oxygen atoms in total. The molecule has 0 heterocycles. The number of hydrogen-bond donors (Lipinski definition) is 1. The van der Waals surface area contributed by atoms with Gasteiger partial charge in [0.25, 0.3) is 5.92 Å². The van der Waals surface area contributed by atoms with Crippen molar-refractivity contribution in [1.82, 2.24) is 5.32 Å². The number of nitrogens with one attached hydrogen (secondary N) is 1. The monoisotopic (exact) mass is 197 g/mol. The molecule has 1 aliphatic carbocycles. The van der Waals surface area contributed by atoms with Crippen LogP contribution in [0, 0.1) is 5.92 Å². The summed E-state index contributed by atoms with van der Waals surface area (Å²) in [7, 11) is 1.70. The molecule has 0 aromatic heterocycles. The minimum Gasteiger partial charge on any atom is -0.319 e. The molecule has 14 heavy (non-hydrogen) atoms. The SMILES string of the molecule is CNC[C@H]1[C@H](c2ccccc2)C1(F)F. The van der Waals surface area contributed by atoms with Crippen molar-refractivity contribution in [2.45, 2.75) is 11.8 Å². The van der Waals surface area contributed by atoms with Crippen LogP contribution in [0.4, 0.5) is 8.78 Å². The normalized spacial score (nSPS) is 28.8. The first-order valence-electron chi connectivity index (χ1n) is 4.75. The lowest BCUT2D eigenvalue weighted by molar-refractivity contribution is 0.0935. The first-order valence-corrected chi connectivity index (χ1v) is 4.75. The highest BCUT2D eigenvalue weighted by Gasteiger charge is 2.67. The molecule has 1 aromatic carbocycles. The molecule has 0 unspecified atom stereocenters. The standard InChI is InChI=1S/C11H13F2N/c1-14-7-9-10(11(9,12)13)8-5-3-2-4-6-8/h2-6,9-10,14H,7H2,1H3/t9-,10-/m0/s1. The van der Waals surface area contributed by atoms with Crippen LogP contribution in [0.25, 0.3) is 0 Å². The van der Waals surface area contributed by atoms with Gasteiger partial charge in [0, 0.05) is 12.5 Å². The maximum Gasteiger partial charge on any atom is 0.260 e. The van der Waals surface area contributed by atoms with E-state index in [4.69, 9.17) is 0 Å². The van der Waals surface area contributed by atoms with E-state index in [2.05, 4.69) is 5.32 Å². The number of alkyl halides is 2. The Hall–Kier alpha value is -0.960. The Kier molecular flexibility index (Phi) is 2.27. The third-order valence-electron chi connectivity index (χ3n) is 2.79. The number of halogens is 2. The van der Waals surface area contributed by atoms with E-state index in [1.807, 2.05) is 6.07 Å². The fourth-order valence-corrected chi connectivity index (χ4v) is 1.98. The molecule has 2 rings (SSSR count). The summed E-state index contributed by atoms with van der Waals surface area (Å²) in [6, 6.07) is 9.00. The Labute approximate surface area is 82.1 Å². The van der Waals surface area contributed by atoms with E-state index in [-0.39, 0.29) is 0 Å². The minimum absolute atomic E-state index is 0.382. The van der Waals surface area contributed by atoms with Crippen LogP contribution in [0.3, 0.4) is 0 Å². The van der Waals surface area contributed by atoms with Gasteiger partial charge in [0.2, 0.25) is 0 Å². The molecule has 0 bridgehead atoms. The van der Waals surface area contributed by atoms with Crippen LogP contribution >= 0.6 is 0 Å². The lowest BCUT2D eigenvalue weighted by atomic mass is 10.1. The van der Waals surface area contributed by atoms with Gasteiger partial charge in [0.05, 0.1) is 5.92 Å². The van der Waals surface area contributed by atoms with Crippen molar-refractivity contribution in [3.63, 3.8) is 0 Å². The second-order valence-electron chi connectivity index (χ2n) is 3.73. The molecular formula is C11H13F2N. The fraction of sp³-hybridized carbons (Fsp3) is 0.455. The molecule has 0 saturated heterocycles. The predicted octanol–water partition coefficient (Wildman–Crippen LogP) is 2.25. The summed E-state index contributed by atoms with van der Waals surface area (Å²) < 4.78 is 26.6. The van der Waals surface area contributed by atoms with E-state index < -0.39 is 17.8 Å². The van der Waals surface area contributed by atoms with Crippen molar-refractivity contribution in [3.8, 4) is 0 Å². The Bertz CT molecular complexity index is 310. The van der Waals surface area contributed by atoms with Gasteiger partial charge in [0.1, 0.15) is 0 Å². The van der Waals surface area contributed by atoms with Gasteiger partial charge in [-0.3, -0.25) is 0 Å². The van der Waals surface area contributed by atoms with Crippen LogP contribution in [0.1, 0.15) is 11.5 Å². The first-order chi connectivity index (χ1) is 6.68. The highest BCUT2D eigenvalue weighted by molar-refractivity contribution is 5.32. The topological polar surface area (TPSA) is 12.0 Å². The smallest absolute Gasteiger partial charge is 0.260 e. The van der Waals surface area contributed by atoms with Crippen molar-refractivity contribution in [1.29, 1.82) is 0 Å². The third kappa shape index (κ3) is 1.42. The summed E-state index contributed by atoms with van der Waals surface area (Å²) in [6.45, 7) is 0.382. The molecule has 0 radical (unpaired) electrons. The third-order valence-corrected chi connectivity index (χ3v) is 2.79. The molecule has 2 atom stereocenters. The van der Waals surface area contributed by atoms with Crippen LogP contribution in [0.15, 0.2) is 30.3 Å². The zero-order chi connectivity index (χ0) is 10.2. The molecule has 1 N–H and O–H groups in total. The second kappa shape index (κ2) is 3.31. The Balaban J connectivity index is 2.15. The summed E-state index contributed by atoms with van der Waals surface area (Å²) in [5, 5.41) is 2.81. The Morgan fingerprint density at radius 2 is 1.93 bits per heavy atom. The zero-order valence-corrected chi connectivity index (χ0v) is 8.00. The van der Waals surface area contributed by atoms with Gasteiger partial charge in [-0.05, 0) is 12.6 Å². The summed E-state index contributed by atoms with van der Waals surface area (Å²) in [5.74, 6) is -3.64. The fourth-order valence-electron chi connectivity index (χ4n) is 1.98. The van der Waals surface area contributed by atoms with E-state index >= 15 is 0 Å². The molecule has 1 saturated carbocycles. The number of hydrogen-bond acceptors (Lipinski definition) is 1. The van der Waals surface area contributed by atoms with Crippen LogP contribution in [0.2, 0.25) is 0 Å². The van der Waals surface area contributed by atoms with Crippen molar-refractivity contribution in [2.24, 2.45) is 5.92 Å². The van der Waals surface area contributed by atoms with E-state index in [0.29, 0.717) is 6.54 Å². The van der Waals surface area contributed by atoms with Crippen molar-refractivity contribution in [2.75, 3.05) is 13.6 Å². The first kappa shape index (κ1) is 9.59. The molecule has 0 aliphatic heterocycles. The molecular weight excluding hydrogens is 184 g/mol. The van der Waals surface area contributed by atoms with Gasteiger partial charge < -0.3 is 5.32 Å². The van der Waals surface area contributed by atoms with Gasteiger partial charge in [-0.25, -0.2) is 8.78 Å². The average Bonchev–Trinajstić information content (AvgIpc) is 2.71. The van der Waals surface area contributed by atoms with Gasteiger partial charge in [-0.1, -0.05) is 30.3 Å². The quantitative estimate of drug-likeness (QED) is 0.783. The molecule has 76 valence electrons. The van der Waals surface area contributed by atoms with Gasteiger partial charge in [-0.15, -0.1) is 0 Å². The van der Waals surface area contributed by atoms with Crippen LogP contribution < -0.4 is 5.32 Å². The predicted molar refractivity (Wildman–Crippen MR) is 51.5 cm³/mol. The summed E-state index contributed by atoms with van der Waals surface area (Å²) in [5.41, 5.74) is 0.748. The van der Waals surface area contributed by atoms with E-state index in [0.717, 1.165) is 5.56 Å². The van der Waals surface area contributed by atoms with Crippen molar-refractivity contribution >= 4 is 0 Å². The Morgan fingerprint density at radius 3 is 2.50 bits per heavy atom. The van der Waals surface area contributed by atoms with E-state index in [9.17, 15) is 8.78 Å². The second-order valence-corrected chi connectivity index (χ2v) is 3.73. The molecule has 3 heteroatoms. The molecule has 0 amide bonds. The van der Waals surface area contributed by atoms with E-state index in [1.54, 1.807) is 31.3 Å². The Morgan fingerprint density at radius 1 is 1.29 bits per heavy atom. The summed E-state index contributed by atoms with van der Waals surface area (Å²) in [6.07, 6.45) is 0. The van der Waals surface area contributed by atoms with Gasteiger partial charge in [0.15, 0.2) is 0 Å². The van der Waals surface area contributed by atoms with Gasteiger partial charge >= 0.3 is 0 Å². The van der Waals surface area contributed by atoms with E-state index in [1.165, 1.54) is 0 Å². The molecule has 1 aromatic rings. The zero-order valence-electron chi connectivity index (χ0n) is 8.00. The minimum atomic E-state index is -2.52. The molecule has 1 fully saturated rings. The van der Waals surface area contributed by atoms with Gasteiger partial charge in [-0.2, -0.15) is 0 Å². The van der Waals surface area contributed by atoms with Crippen LogP contribution in [-0.4, -0.2) is 19.5 Å².